The van der Waals surface area contributed by atoms with Gasteiger partial charge in [-0.05, 0) is 49.2 Å². The third-order valence-electron chi connectivity index (χ3n) is 5.18. The Bertz CT molecular complexity index is 1380. The molecule has 5 aromatic rings. The number of nitrogens with one attached hydrogen (secondary N) is 1. The first-order valence-corrected chi connectivity index (χ1v) is 9.91. The molecule has 0 radical (unpaired) electrons. The maximum absolute atomic E-state index is 14.2. The summed E-state index contributed by atoms with van der Waals surface area (Å²) in [6.07, 6.45) is 3.90. The summed E-state index contributed by atoms with van der Waals surface area (Å²) < 4.78 is 25.5. The fourth-order valence-corrected chi connectivity index (χ4v) is 3.71. The van der Waals surface area contributed by atoms with Crippen molar-refractivity contribution in [2.75, 3.05) is 0 Å². The predicted octanol–water partition coefficient (Wildman–Crippen LogP) is 6.21. The standard InChI is InChI=1S/C22H14ClFN4O2/c23-14-2-1-3-15(24)19(14)21-25-10-16(26-21)18-9-13-8-12(6-7-17(13)29-18)22-27-20(28-30-22)11-4-5-11/h1-3,6-11H,4-5H2,(H,25,26). The van der Waals surface area contributed by atoms with E-state index >= 15 is 0 Å². The molecule has 2 aromatic carbocycles. The van der Waals surface area contributed by atoms with Gasteiger partial charge < -0.3 is 13.9 Å². The van der Waals surface area contributed by atoms with Crippen LogP contribution in [0.25, 0.3) is 45.3 Å². The molecule has 0 unspecified atom stereocenters. The van der Waals surface area contributed by atoms with Crippen molar-refractivity contribution in [3.05, 3.63) is 65.3 Å². The Morgan fingerprint density at radius 2 is 2.00 bits per heavy atom. The van der Waals surface area contributed by atoms with Gasteiger partial charge in [-0.25, -0.2) is 9.37 Å². The normalized spacial score (nSPS) is 13.9. The Morgan fingerprint density at radius 1 is 1.10 bits per heavy atom. The average molecular weight is 421 g/mol. The van der Waals surface area contributed by atoms with Crippen molar-refractivity contribution in [2.24, 2.45) is 0 Å². The number of hydrogen-bond acceptors (Lipinski definition) is 5. The molecule has 1 saturated carbocycles. The number of aromatic amines is 1. The molecule has 1 aliphatic rings. The monoisotopic (exact) mass is 420 g/mol. The number of hydrogen-bond donors (Lipinski definition) is 1. The highest BCUT2D eigenvalue weighted by Gasteiger charge is 2.29. The maximum Gasteiger partial charge on any atom is 0.257 e. The quantitative estimate of drug-likeness (QED) is 0.374. The lowest BCUT2D eigenvalue weighted by Gasteiger charge is -2.01. The molecule has 3 heterocycles. The Kier molecular flexibility index (Phi) is 3.79. The van der Waals surface area contributed by atoms with Gasteiger partial charge in [0, 0.05) is 23.1 Å². The van der Waals surface area contributed by atoms with Crippen molar-refractivity contribution in [1.82, 2.24) is 20.1 Å². The predicted molar refractivity (Wildman–Crippen MR) is 109 cm³/mol. The molecule has 1 N–H and O–H groups in total. The van der Waals surface area contributed by atoms with E-state index in [1.165, 1.54) is 6.07 Å². The summed E-state index contributed by atoms with van der Waals surface area (Å²) in [5.74, 6) is 2.16. The van der Waals surface area contributed by atoms with E-state index in [0.717, 1.165) is 29.6 Å². The summed E-state index contributed by atoms with van der Waals surface area (Å²) in [4.78, 5) is 11.9. The molecular formula is C22H14ClFN4O2. The van der Waals surface area contributed by atoms with Crippen molar-refractivity contribution in [2.45, 2.75) is 18.8 Å². The molecule has 6 nitrogen and oxygen atoms in total. The average Bonchev–Trinajstić information content (AvgIpc) is 3.15. The van der Waals surface area contributed by atoms with Gasteiger partial charge in [-0.3, -0.25) is 0 Å². The van der Waals surface area contributed by atoms with Gasteiger partial charge in [0.1, 0.15) is 22.9 Å². The van der Waals surface area contributed by atoms with Gasteiger partial charge in [0.25, 0.3) is 5.89 Å². The second-order valence-electron chi connectivity index (χ2n) is 7.33. The highest BCUT2D eigenvalue weighted by molar-refractivity contribution is 6.33. The Morgan fingerprint density at radius 3 is 2.83 bits per heavy atom. The number of fused-ring (bicyclic) bond motifs is 1. The van der Waals surface area contributed by atoms with E-state index in [1.807, 2.05) is 24.3 Å². The number of benzene rings is 2. The third kappa shape index (κ3) is 2.90. The second-order valence-corrected chi connectivity index (χ2v) is 7.73. The van der Waals surface area contributed by atoms with Crippen LogP contribution in [0.1, 0.15) is 24.6 Å². The molecule has 8 heteroatoms. The number of nitrogens with zero attached hydrogens (tertiary/aromatic N) is 3. The fourth-order valence-electron chi connectivity index (χ4n) is 3.46. The van der Waals surface area contributed by atoms with Gasteiger partial charge in [-0.15, -0.1) is 0 Å². The van der Waals surface area contributed by atoms with Crippen LogP contribution >= 0.6 is 11.6 Å². The van der Waals surface area contributed by atoms with Crippen molar-refractivity contribution in [1.29, 1.82) is 0 Å². The Labute approximate surface area is 174 Å². The molecule has 148 valence electrons. The van der Waals surface area contributed by atoms with Gasteiger partial charge in [0.05, 0.1) is 10.6 Å². The van der Waals surface area contributed by atoms with Crippen LogP contribution in [0.15, 0.2) is 57.6 Å². The first-order valence-electron chi connectivity index (χ1n) is 9.53. The highest BCUT2D eigenvalue weighted by atomic mass is 35.5. The van der Waals surface area contributed by atoms with Crippen LogP contribution in [0, 0.1) is 5.82 Å². The number of aromatic nitrogens is 4. The molecular weight excluding hydrogens is 407 g/mol. The number of halogens is 2. The maximum atomic E-state index is 14.2. The lowest BCUT2D eigenvalue weighted by atomic mass is 10.1. The summed E-state index contributed by atoms with van der Waals surface area (Å²) >= 11 is 6.14. The summed E-state index contributed by atoms with van der Waals surface area (Å²) in [6, 6.07) is 12.1. The van der Waals surface area contributed by atoms with Crippen LogP contribution in [0.2, 0.25) is 5.02 Å². The molecule has 0 amide bonds. The molecule has 6 rings (SSSR count). The first-order chi connectivity index (χ1) is 14.7. The van der Waals surface area contributed by atoms with E-state index in [4.69, 9.17) is 20.5 Å². The third-order valence-corrected chi connectivity index (χ3v) is 5.49. The van der Waals surface area contributed by atoms with E-state index < -0.39 is 5.82 Å². The number of H-pyrrole nitrogens is 1. The minimum Gasteiger partial charge on any atom is -0.454 e. The van der Waals surface area contributed by atoms with Gasteiger partial charge in [-0.1, -0.05) is 22.8 Å². The zero-order chi connectivity index (χ0) is 20.2. The highest BCUT2D eigenvalue weighted by Crippen LogP contribution is 2.39. The molecule has 0 spiro atoms. The Hall–Kier alpha value is -3.45. The largest absolute Gasteiger partial charge is 0.454 e. The van der Waals surface area contributed by atoms with Crippen molar-refractivity contribution >= 4 is 22.6 Å². The second kappa shape index (κ2) is 6.53. The van der Waals surface area contributed by atoms with Crippen molar-refractivity contribution in [3.63, 3.8) is 0 Å². The number of furan rings is 1. The van der Waals surface area contributed by atoms with Crippen LogP contribution in [0.3, 0.4) is 0 Å². The van der Waals surface area contributed by atoms with E-state index in [2.05, 4.69) is 20.1 Å². The number of rotatable bonds is 4. The minimum absolute atomic E-state index is 0.228. The zero-order valence-electron chi connectivity index (χ0n) is 15.5. The fraction of sp³-hybridized carbons (Fsp3) is 0.136. The molecule has 0 bridgehead atoms. The van der Waals surface area contributed by atoms with Gasteiger partial charge >= 0.3 is 0 Å². The van der Waals surface area contributed by atoms with Crippen LogP contribution in [0.5, 0.6) is 0 Å². The van der Waals surface area contributed by atoms with Gasteiger partial charge in [-0.2, -0.15) is 4.98 Å². The lowest BCUT2D eigenvalue weighted by Crippen LogP contribution is -1.87. The van der Waals surface area contributed by atoms with Crippen LogP contribution in [-0.2, 0) is 0 Å². The summed E-state index contributed by atoms with van der Waals surface area (Å²) in [6.45, 7) is 0. The van der Waals surface area contributed by atoms with Crippen LogP contribution < -0.4 is 0 Å². The molecule has 1 fully saturated rings. The smallest absolute Gasteiger partial charge is 0.257 e. The lowest BCUT2D eigenvalue weighted by molar-refractivity contribution is 0.423. The first kappa shape index (κ1) is 17.4. The summed E-state index contributed by atoms with van der Waals surface area (Å²) in [5.41, 5.74) is 2.31. The van der Waals surface area contributed by atoms with Crippen LogP contribution in [0.4, 0.5) is 4.39 Å². The number of imidazole rings is 1. The van der Waals surface area contributed by atoms with Gasteiger partial charge in [0.2, 0.25) is 0 Å². The van der Waals surface area contributed by atoms with E-state index in [-0.39, 0.29) is 10.6 Å². The summed E-state index contributed by atoms with van der Waals surface area (Å²) in [5, 5.41) is 5.23. The van der Waals surface area contributed by atoms with Crippen LogP contribution in [-0.4, -0.2) is 20.1 Å². The SMILES string of the molecule is Fc1cccc(Cl)c1-c1nc(-c2cc3cc(-c4nc(C5CC5)no4)ccc3o2)c[nH]1. The zero-order valence-corrected chi connectivity index (χ0v) is 16.3. The molecule has 30 heavy (non-hydrogen) atoms. The molecule has 0 saturated heterocycles. The van der Waals surface area contributed by atoms with Crippen molar-refractivity contribution < 1.29 is 13.3 Å². The molecule has 3 aromatic heterocycles. The van der Waals surface area contributed by atoms with Crippen molar-refractivity contribution in [3.8, 4) is 34.3 Å². The molecule has 1 aliphatic carbocycles. The Balaban J connectivity index is 1.35. The summed E-state index contributed by atoms with van der Waals surface area (Å²) in [7, 11) is 0. The minimum atomic E-state index is -0.442. The van der Waals surface area contributed by atoms with E-state index in [1.54, 1.807) is 18.3 Å². The molecule has 0 aliphatic heterocycles. The van der Waals surface area contributed by atoms with Gasteiger partial charge in [0.15, 0.2) is 11.6 Å². The van der Waals surface area contributed by atoms with E-state index in [9.17, 15) is 4.39 Å². The molecule has 0 atom stereocenters. The van der Waals surface area contributed by atoms with E-state index in [0.29, 0.717) is 34.7 Å². The topological polar surface area (TPSA) is 80.7 Å².